The lowest BCUT2D eigenvalue weighted by Crippen LogP contribution is -2.63. The van der Waals surface area contributed by atoms with Crippen molar-refractivity contribution in [3.05, 3.63) is 0 Å². The van der Waals surface area contributed by atoms with Crippen LogP contribution in [0.5, 0.6) is 0 Å². The Labute approximate surface area is 114 Å². The highest BCUT2D eigenvalue weighted by Crippen LogP contribution is 2.17. The third kappa shape index (κ3) is 4.49. The normalized spacial score (nSPS) is 24.8. The van der Waals surface area contributed by atoms with E-state index in [1.54, 1.807) is 6.92 Å². The lowest BCUT2D eigenvalue weighted by molar-refractivity contribution is -0.149. The molecule has 6 nitrogen and oxygen atoms in total. The van der Waals surface area contributed by atoms with Gasteiger partial charge in [0, 0.05) is 12.8 Å². The van der Waals surface area contributed by atoms with E-state index in [2.05, 4.69) is 5.32 Å². The summed E-state index contributed by atoms with van der Waals surface area (Å²) in [5, 5.41) is 2.63. The number of amides is 2. The van der Waals surface area contributed by atoms with Crippen molar-refractivity contribution >= 4 is 21.7 Å². The first-order valence-corrected chi connectivity index (χ1v) is 8.46. The first kappa shape index (κ1) is 15.9. The molecule has 110 valence electrons. The molecule has 0 bridgehead atoms. The smallest absolute Gasteiger partial charge is 0.245 e. The van der Waals surface area contributed by atoms with Crippen LogP contribution in [-0.4, -0.2) is 55.8 Å². The predicted octanol–water partition coefficient (Wildman–Crippen LogP) is -0.207. The Morgan fingerprint density at radius 3 is 2.37 bits per heavy atom. The van der Waals surface area contributed by atoms with Crippen LogP contribution in [-0.2, 0) is 19.4 Å². The molecule has 1 aliphatic rings. The number of sulfone groups is 1. The Morgan fingerprint density at radius 1 is 1.32 bits per heavy atom. The summed E-state index contributed by atoms with van der Waals surface area (Å²) < 4.78 is 22.5. The summed E-state index contributed by atoms with van der Waals surface area (Å²) in [5.74, 6) is -0.284. The van der Waals surface area contributed by atoms with Gasteiger partial charge in [-0.15, -0.1) is 0 Å². The third-order valence-corrected chi connectivity index (χ3v) is 4.01. The first-order chi connectivity index (χ1) is 8.61. The summed E-state index contributed by atoms with van der Waals surface area (Å²) >= 11 is 0. The summed E-state index contributed by atoms with van der Waals surface area (Å²) in [6.07, 6.45) is 1.66. The van der Waals surface area contributed by atoms with E-state index in [4.69, 9.17) is 0 Å². The summed E-state index contributed by atoms with van der Waals surface area (Å²) in [4.78, 5) is 25.5. The van der Waals surface area contributed by atoms with Crippen LogP contribution in [0.25, 0.3) is 0 Å². The van der Waals surface area contributed by atoms with Crippen molar-refractivity contribution in [1.82, 2.24) is 10.2 Å². The zero-order valence-corrected chi connectivity index (χ0v) is 12.7. The zero-order chi connectivity index (χ0) is 14.8. The molecule has 1 N–H and O–H groups in total. The predicted molar refractivity (Wildman–Crippen MR) is 72.3 cm³/mol. The Hall–Kier alpha value is -1.11. The van der Waals surface area contributed by atoms with Crippen LogP contribution in [0.4, 0.5) is 0 Å². The van der Waals surface area contributed by atoms with Crippen LogP contribution < -0.4 is 5.32 Å². The Kier molecular flexibility index (Phi) is 4.95. The van der Waals surface area contributed by atoms with Crippen molar-refractivity contribution in [3.8, 4) is 0 Å². The van der Waals surface area contributed by atoms with Crippen LogP contribution in [0.15, 0.2) is 0 Å². The quantitative estimate of drug-likeness (QED) is 0.759. The molecule has 1 saturated heterocycles. The van der Waals surface area contributed by atoms with E-state index >= 15 is 0 Å². The van der Waals surface area contributed by atoms with Gasteiger partial charge in [0.15, 0.2) is 0 Å². The summed E-state index contributed by atoms with van der Waals surface area (Å²) in [6, 6.07) is -1.15. The lowest BCUT2D eigenvalue weighted by Gasteiger charge is -2.38. The van der Waals surface area contributed by atoms with E-state index in [1.807, 2.05) is 13.8 Å². The maximum Gasteiger partial charge on any atom is 0.245 e. The minimum Gasteiger partial charge on any atom is -0.343 e. The maximum atomic E-state index is 12.1. The average molecular weight is 290 g/mol. The number of carbonyl (C=O) groups is 2. The van der Waals surface area contributed by atoms with Crippen LogP contribution in [0.1, 0.15) is 27.2 Å². The van der Waals surface area contributed by atoms with Gasteiger partial charge in [-0.05, 0) is 19.3 Å². The molecule has 1 fully saturated rings. The molecule has 0 saturated carbocycles. The van der Waals surface area contributed by atoms with Crippen molar-refractivity contribution in [3.63, 3.8) is 0 Å². The van der Waals surface area contributed by atoms with Crippen molar-refractivity contribution in [2.75, 3.05) is 18.6 Å². The molecular formula is C12H22N2O4S. The molecule has 1 aliphatic heterocycles. The molecule has 0 aliphatic carbocycles. The minimum absolute atomic E-state index is 0.0762. The molecule has 1 rings (SSSR count). The molecule has 1 heterocycles. The molecule has 2 atom stereocenters. The van der Waals surface area contributed by atoms with Gasteiger partial charge in [0.25, 0.3) is 0 Å². The topological polar surface area (TPSA) is 83.6 Å². The zero-order valence-electron chi connectivity index (χ0n) is 11.8. The van der Waals surface area contributed by atoms with E-state index in [0.717, 1.165) is 6.26 Å². The van der Waals surface area contributed by atoms with Gasteiger partial charge in [-0.3, -0.25) is 9.59 Å². The van der Waals surface area contributed by atoms with Gasteiger partial charge in [0.1, 0.15) is 21.9 Å². The molecule has 2 unspecified atom stereocenters. The molecule has 0 radical (unpaired) electrons. The van der Waals surface area contributed by atoms with Gasteiger partial charge in [-0.25, -0.2) is 8.42 Å². The highest BCUT2D eigenvalue weighted by atomic mass is 32.2. The minimum atomic E-state index is -3.16. The fraction of sp³-hybridized carbons (Fsp3) is 0.833. The van der Waals surface area contributed by atoms with Gasteiger partial charge in [-0.1, -0.05) is 13.8 Å². The number of nitrogens with one attached hydrogen (secondary N) is 1. The van der Waals surface area contributed by atoms with Crippen molar-refractivity contribution in [1.29, 1.82) is 0 Å². The van der Waals surface area contributed by atoms with Crippen LogP contribution in [0.2, 0.25) is 0 Å². The number of nitrogens with zero attached hydrogens (tertiary/aromatic N) is 1. The van der Waals surface area contributed by atoms with Gasteiger partial charge in [-0.2, -0.15) is 0 Å². The molecule has 0 spiro atoms. The van der Waals surface area contributed by atoms with Crippen molar-refractivity contribution in [2.45, 2.75) is 39.3 Å². The Bertz CT molecular complexity index is 458. The van der Waals surface area contributed by atoms with Crippen LogP contribution in [0.3, 0.4) is 0 Å². The van der Waals surface area contributed by atoms with Gasteiger partial charge in [0.05, 0.1) is 5.75 Å². The fourth-order valence-corrected chi connectivity index (χ4v) is 2.65. The molecule has 0 aromatic rings. The molecule has 0 aromatic carbocycles. The van der Waals surface area contributed by atoms with Gasteiger partial charge >= 0.3 is 0 Å². The highest BCUT2D eigenvalue weighted by Gasteiger charge is 2.38. The number of piperazine rings is 1. The number of carbonyl (C=O) groups excluding carboxylic acids is 2. The van der Waals surface area contributed by atoms with E-state index in [9.17, 15) is 18.0 Å². The fourth-order valence-electron chi connectivity index (χ4n) is 2.13. The largest absolute Gasteiger partial charge is 0.343 e. The Morgan fingerprint density at radius 2 is 1.89 bits per heavy atom. The maximum absolute atomic E-state index is 12.1. The average Bonchev–Trinajstić information content (AvgIpc) is 2.23. The van der Waals surface area contributed by atoms with Crippen LogP contribution in [0, 0.1) is 5.92 Å². The number of hydrogen-bond acceptors (Lipinski definition) is 4. The second-order valence-corrected chi connectivity index (χ2v) is 7.80. The molecule has 19 heavy (non-hydrogen) atoms. The van der Waals surface area contributed by atoms with E-state index in [0.29, 0.717) is 6.42 Å². The third-order valence-electron chi connectivity index (χ3n) is 3.09. The highest BCUT2D eigenvalue weighted by molar-refractivity contribution is 7.90. The molecule has 0 aromatic heterocycles. The molecule has 2 amide bonds. The molecule has 7 heteroatoms. The van der Waals surface area contributed by atoms with E-state index in [1.165, 1.54) is 4.90 Å². The van der Waals surface area contributed by atoms with E-state index < -0.39 is 21.9 Å². The molecular weight excluding hydrogens is 268 g/mol. The summed E-state index contributed by atoms with van der Waals surface area (Å²) in [6.45, 7) is 5.61. The monoisotopic (exact) mass is 290 g/mol. The Balaban J connectivity index is 2.89. The first-order valence-electron chi connectivity index (χ1n) is 6.40. The van der Waals surface area contributed by atoms with Gasteiger partial charge < -0.3 is 10.2 Å². The summed E-state index contributed by atoms with van der Waals surface area (Å²) in [5.41, 5.74) is 0. The van der Waals surface area contributed by atoms with Crippen LogP contribution >= 0.6 is 0 Å². The number of hydrogen-bond donors (Lipinski definition) is 1. The van der Waals surface area contributed by atoms with Crippen molar-refractivity contribution in [2.24, 2.45) is 5.92 Å². The summed E-state index contributed by atoms with van der Waals surface area (Å²) in [7, 11) is -3.16. The van der Waals surface area contributed by atoms with E-state index in [-0.39, 0.29) is 30.0 Å². The number of rotatable bonds is 5. The second-order valence-electron chi connectivity index (χ2n) is 5.54. The standard InChI is InChI=1S/C12H22N2O4S/c1-8(2)7-10-11(15)13-9(3)12(16)14(10)5-6-19(4,17)18/h8-10H,5-7H2,1-4H3,(H,13,15). The second kappa shape index (κ2) is 5.90. The lowest BCUT2D eigenvalue weighted by atomic mass is 9.98. The van der Waals surface area contributed by atoms with Gasteiger partial charge in [0.2, 0.25) is 11.8 Å². The van der Waals surface area contributed by atoms with Crippen molar-refractivity contribution < 1.29 is 18.0 Å². The SMILES string of the molecule is CC(C)CC1C(=O)NC(C)C(=O)N1CCS(C)(=O)=O.